The standard InChI is InChI=1S/C24H25ClN6OS2/c1-15(2)6-11-27-23(32)19-13-33-21(28-19)14-34-24-30-29-22(17-7-9-26-10-8-17)31(24)20-12-18(25)5-4-16(20)3/h4-5,7-10,12-13,15H,6,11,14H2,1-3H3,(H,27,32). The van der Waals surface area contributed by atoms with Crippen molar-refractivity contribution in [2.45, 2.75) is 38.1 Å². The summed E-state index contributed by atoms with van der Waals surface area (Å²) in [7, 11) is 0. The molecule has 0 aliphatic heterocycles. The first-order chi connectivity index (χ1) is 16.4. The summed E-state index contributed by atoms with van der Waals surface area (Å²) in [6.07, 6.45) is 4.40. The SMILES string of the molecule is Cc1ccc(Cl)cc1-n1c(SCc2nc(C(=O)NCCC(C)C)cs2)nnc1-c1ccncc1. The van der Waals surface area contributed by atoms with Gasteiger partial charge in [-0.25, -0.2) is 4.98 Å². The molecule has 4 rings (SSSR count). The summed E-state index contributed by atoms with van der Waals surface area (Å²) < 4.78 is 2.01. The number of carbonyl (C=O) groups is 1. The Morgan fingerprint density at radius 3 is 2.76 bits per heavy atom. The fraction of sp³-hybridized carbons (Fsp3) is 0.292. The molecule has 1 N–H and O–H groups in total. The molecule has 0 saturated carbocycles. The highest BCUT2D eigenvalue weighted by atomic mass is 35.5. The molecule has 0 fully saturated rings. The van der Waals surface area contributed by atoms with Gasteiger partial charge in [0.1, 0.15) is 10.7 Å². The van der Waals surface area contributed by atoms with Gasteiger partial charge in [0.05, 0.1) is 11.4 Å². The van der Waals surface area contributed by atoms with E-state index >= 15 is 0 Å². The molecule has 0 saturated heterocycles. The molecule has 3 aromatic heterocycles. The molecule has 3 heterocycles. The van der Waals surface area contributed by atoms with Crippen molar-refractivity contribution in [1.82, 2.24) is 30.0 Å². The van der Waals surface area contributed by atoms with Crippen LogP contribution in [0.2, 0.25) is 5.02 Å². The Bertz CT molecular complexity index is 1270. The number of amides is 1. The Morgan fingerprint density at radius 1 is 1.21 bits per heavy atom. The zero-order valence-corrected chi connectivity index (χ0v) is 21.5. The van der Waals surface area contributed by atoms with Gasteiger partial charge in [0, 0.05) is 34.9 Å². The summed E-state index contributed by atoms with van der Waals surface area (Å²) in [5, 5.41) is 15.9. The van der Waals surface area contributed by atoms with E-state index in [-0.39, 0.29) is 5.91 Å². The molecule has 0 spiro atoms. The number of thioether (sulfide) groups is 1. The lowest BCUT2D eigenvalue weighted by molar-refractivity contribution is 0.0947. The van der Waals surface area contributed by atoms with Gasteiger partial charge in [0.25, 0.3) is 5.91 Å². The van der Waals surface area contributed by atoms with Crippen molar-refractivity contribution in [3.8, 4) is 17.1 Å². The smallest absolute Gasteiger partial charge is 0.270 e. The van der Waals surface area contributed by atoms with Crippen LogP contribution >= 0.6 is 34.7 Å². The molecule has 0 unspecified atom stereocenters. The average molecular weight is 513 g/mol. The van der Waals surface area contributed by atoms with Gasteiger partial charge in [0.15, 0.2) is 11.0 Å². The molecule has 0 radical (unpaired) electrons. The van der Waals surface area contributed by atoms with E-state index in [1.807, 2.05) is 41.8 Å². The third kappa shape index (κ3) is 5.84. The second kappa shape index (κ2) is 11.1. The number of nitrogens with zero attached hydrogens (tertiary/aromatic N) is 5. The van der Waals surface area contributed by atoms with Gasteiger partial charge in [-0.2, -0.15) is 0 Å². The highest BCUT2D eigenvalue weighted by Crippen LogP contribution is 2.32. The highest BCUT2D eigenvalue weighted by molar-refractivity contribution is 7.98. The Labute approximate surface area is 212 Å². The van der Waals surface area contributed by atoms with Gasteiger partial charge < -0.3 is 5.32 Å². The van der Waals surface area contributed by atoms with E-state index in [2.05, 4.69) is 39.3 Å². The van der Waals surface area contributed by atoms with E-state index in [4.69, 9.17) is 11.6 Å². The molecule has 176 valence electrons. The van der Waals surface area contributed by atoms with Gasteiger partial charge >= 0.3 is 0 Å². The lowest BCUT2D eigenvalue weighted by atomic mass is 10.1. The number of benzene rings is 1. The number of nitrogens with one attached hydrogen (secondary N) is 1. The molecule has 10 heteroatoms. The Kier molecular flexibility index (Phi) is 7.97. The first-order valence-corrected chi connectivity index (χ1v) is 13.1. The van der Waals surface area contributed by atoms with E-state index in [1.165, 1.54) is 23.1 Å². The van der Waals surface area contributed by atoms with Crippen LogP contribution in [0.25, 0.3) is 17.1 Å². The number of pyridine rings is 1. The Hall–Kier alpha value is -2.75. The van der Waals surface area contributed by atoms with Gasteiger partial charge in [-0.3, -0.25) is 14.3 Å². The van der Waals surface area contributed by atoms with Crippen molar-refractivity contribution < 1.29 is 4.79 Å². The molecule has 0 aliphatic rings. The molecule has 1 aromatic carbocycles. The van der Waals surface area contributed by atoms with Crippen LogP contribution in [0.3, 0.4) is 0 Å². The maximum absolute atomic E-state index is 12.4. The van der Waals surface area contributed by atoms with E-state index in [1.54, 1.807) is 17.8 Å². The Morgan fingerprint density at radius 2 is 2.00 bits per heavy atom. The van der Waals surface area contributed by atoms with Gasteiger partial charge in [-0.1, -0.05) is 43.3 Å². The van der Waals surface area contributed by atoms with Crippen molar-refractivity contribution in [3.05, 3.63) is 69.4 Å². The molecule has 0 aliphatic carbocycles. The summed E-state index contributed by atoms with van der Waals surface area (Å²) in [4.78, 5) is 21.0. The zero-order chi connectivity index (χ0) is 24.1. The highest BCUT2D eigenvalue weighted by Gasteiger charge is 2.19. The van der Waals surface area contributed by atoms with Crippen molar-refractivity contribution in [2.24, 2.45) is 5.92 Å². The lowest BCUT2D eigenvalue weighted by Crippen LogP contribution is -2.25. The summed E-state index contributed by atoms with van der Waals surface area (Å²) in [5.41, 5.74) is 3.32. The number of halogens is 1. The van der Waals surface area contributed by atoms with Crippen LogP contribution in [0.15, 0.2) is 53.3 Å². The van der Waals surface area contributed by atoms with Crippen molar-refractivity contribution in [3.63, 3.8) is 0 Å². The number of hydrogen-bond acceptors (Lipinski definition) is 7. The number of aromatic nitrogens is 5. The number of aryl methyl sites for hydroxylation is 1. The maximum atomic E-state index is 12.4. The second-order valence-electron chi connectivity index (χ2n) is 8.16. The fourth-order valence-electron chi connectivity index (χ4n) is 3.26. The minimum atomic E-state index is -0.133. The predicted octanol–water partition coefficient (Wildman–Crippen LogP) is 5.82. The van der Waals surface area contributed by atoms with Crippen LogP contribution in [0.1, 0.15) is 41.3 Å². The summed E-state index contributed by atoms with van der Waals surface area (Å²) in [6.45, 7) is 6.95. The quantitative estimate of drug-likeness (QED) is 0.284. The summed E-state index contributed by atoms with van der Waals surface area (Å²) in [5.74, 6) is 1.68. The largest absolute Gasteiger partial charge is 0.351 e. The van der Waals surface area contributed by atoms with E-state index < -0.39 is 0 Å². The molecule has 1 amide bonds. The molecule has 0 atom stereocenters. The third-order valence-electron chi connectivity index (χ3n) is 5.10. The lowest BCUT2D eigenvalue weighted by Gasteiger charge is -2.13. The van der Waals surface area contributed by atoms with Crippen LogP contribution in [0.5, 0.6) is 0 Å². The normalized spacial score (nSPS) is 11.2. The maximum Gasteiger partial charge on any atom is 0.270 e. The number of carbonyl (C=O) groups excluding carboxylic acids is 1. The third-order valence-corrected chi connectivity index (χ3v) is 7.31. The molecule has 34 heavy (non-hydrogen) atoms. The van der Waals surface area contributed by atoms with E-state index in [9.17, 15) is 4.79 Å². The summed E-state index contributed by atoms with van der Waals surface area (Å²) >= 11 is 9.31. The van der Waals surface area contributed by atoms with Crippen LogP contribution in [0, 0.1) is 12.8 Å². The Balaban J connectivity index is 1.56. The molecule has 0 bridgehead atoms. The van der Waals surface area contributed by atoms with Crippen molar-refractivity contribution >= 4 is 40.6 Å². The molecular formula is C24H25ClN6OS2. The second-order valence-corrected chi connectivity index (χ2v) is 10.5. The predicted molar refractivity (Wildman–Crippen MR) is 138 cm³/mol. The van der Waals surface area contributed by atoms with Gasteiger partial charge in [-0.15, -0.1) is 21.5 Å². The van der Waals surface area contributed by atoms with Crippen LogP contribution in [-0.4, -0.2) is 37.2 Å². The van der Waals surface area contributed by atoms with Crippen LogP contribution in [-0.2, 0) is 5.75 Å². The zero-order valence-electron chi connectivity index (χ0n) is 19.2. The molecule has 7 nitrogen and oxygen atoms in total. The number of hydrogen-bond donors (Lipinski definition) is 1. The van der Waals surface area contributed by atoms with Crippen molar-refractivity contribution in [1.29, 1.82) is 0 Å². The van der Waals surface area contributed by atoms with Gasteiger partial charge in [-0.05, 0) is 49.1 Å². The monoisotopic (exact) mass is 512 g/mol. The minimum Gasteiger partial charge on any atom is -0.351 e. The first kappa shape index (κ1) is 24.4. The van der Waals surface area contributed by atoms with Gasteiger partial charge in [0.2, 0.25) is 0 Å². The fourth-order valence-corrected chi connectivity index (χ4v) is 5.17. The molecular weight excluding hydrogens is 488 g/mol. The van der Waals surface area contributed by atoms with Crippen LogP contribution < -0.4 is 5.32 Å². The van der Waals surface area contributed by atoms with E-state index in [0.29, 0.717) is 34.8 Å². The van der Waals surface area contributed by atoms with Crippen molar-refractivity contribution in [2.75, 3.05) is 6.54 Å². The minimum absolute atomic E-state index is 0.133. The van der Waals surface area contributed by atoms with Crippen LogP contribution in [0.4, 0.5) is 0 Å². The average Bonchev–Trinajstić information content (AvgIpc) is 3.47. The molecule has 4 aromatic rings. The topological polar surface area (TPSA) is 85.6 Å². The number of thiazole rings is 1. The first-order valence-electron chi connectivity index (χ1n) is 10.9. The van der Waals surface area contributed by atoms with E-state index in [0.717, 1.165) is 33.4 Å². The summed E-state index contributed by atoms with van der Waals surface area (Å²) in [6, 6.07) is 9.57. The number of rotatable bonds is 9.